The molecule has 0 fully saturated rings. The lowest BCUT2D eigenvalue weighted by molar-refractivity contribution is 0.0947. The summed E-state index contributed by atoms with van der Waals surface area (Å²) < 4.78 is 5.76. The van der Waals surface area contributed by atoms with Crippen molar-refractivity contribution in [2.24, 2.45) is 5.73 Å². The number of benzene rings is 2. The van der Waals surface area contributed by atoms with Crippen LogP contribution in [0.3, 0.4) is 0 Å². The highest BCUT2D eigenvalue weighted by Crippen LogP contribution is 2.24. The summed E-state index contributed by atoms with van der Waals surface area (Å²) >= 11 is 5.81. The van der Waals surface area contributed by atoms with Crippen molar-refractivity contribution in [2.45, 2.75) is 12.6 Å². The molecule has 0 radical (unpaired) electrons. The van der Waals surface area contributed by atoms with Crippen LogP contribution in [0.25, 0.3) is 0 Å². The van der Waals surface area contributed by atoms with Gasteiger partial charge in [0.2, 0.25) is 0 Å². The fraction of sp³-hybridized carbons (Fsp3) is 0.143. The number of rotatable bonds is 3. The second kappa shape index (κ2) is 4.78. The van der Waals surface area contributed by atoms with Crippen molar-refractivity contribution in [1.29, 1.82) is 0 Å². The Morgan fingerprint density at radius 1 is 1.00 bits per heavy atom. The molecular weight excluding hydrogens is 234 g/mol. The van der Waals surface area contributed by atoms with E-state index in [0.717, 1.165) is 5.56 Å². The van der Waals surface area contributed by atoms with Crippen molar-refractivity contribution in [1.82, 2.24) is 0 Å². The number of ether oxygens (including phenoxy) is 1. The Hall–Kier alpha value is -1.51. The molecule has 2 nitrogen and oxygen atoms in total. The van der Waals surface area contributed by atoms with E-state index in [4.69, 9.17) is 22.1 Å². The van der Waals surface area contributed by atoms with Gasteiger partial charge in [-0.2, -0.15) is 0 Å². The molecule has 2 rings (SSSR count). The Morgan fingerprint density at radius 2 is 1.59 bits per heavy atom. The lowest BCUT2D eigenvalue weighted by atomic mass is 10.1. The fourth-order valence-electron chi connectivity index (χ4n) is 1.58. The molecule has 0 bridgehead atoms. The van der Waals surface area contributed by atoms with Crippen LogP contribution in [0.2, 0.25) is 5.02 Å². The molecule has 17 heavy (non-hydrogen) atoms. The number of hydrogen-bond acceptors (Lipinski definition) is 2. The van der Waals surface area contributed by atoms with Gasteiger partial charge >= 0.3 is 0 Å². The zero-order valence-electron chi connectivity index (χ0n) is 9.56. The van der Waals surface area contributed by atoms with E-state index in [1.165, 1.54) is 0 Å². The highest BCUT2D eigenvalue weighted by atomic mass is 35.5. The van der Waals surface area contributed by atoms with Crippen molar-refractivity contribution >= 4 is 11.6 Å². The van der Waals surface area contributed by atoms with E-state index in [1.807, 2.05) is 37.3 Å². The van der Waals surface area contributed by atoms with Gasteiger partial charge in [-0.25, -0.2) is 0 Å². The van der Waals surface area contributed by atoms with Crippen LogP contribution in [0.4, 0.5) is 0 Å². The van der Waals surface area contributed by atoms with Gasteiger partial charge in [0.05, 0.1) is 0 Å². The van der Waals surface area contributed by atoms with Gasteiger partial charge in [0.15, 0.2) is 5.72 Å². The molecule has 88 valence electrons. The molecule has 1 atom stereocenters. The summed E-state index contributed by atoms with van der Waals surface area (Å²) in [4.78, 5) is 0. The maximum absolute atomic E-state index is 6.15. The molecule has 0 spiro atoms. The normalized spacial score (nSPS) is 14.1. The highest BCUT2D eigenvalue weighted by Gasteiger charge is 2.22. The predicted octanol–water partition coefficient (Wildman–Crippen LogP) is 3.55. The van der Waals surface area contributed by atoms with Gasteiger partial charge in [0, 0.05) is 10.6 Å². The molecule has 0 aromatic heterocycles. The number of hydrogen-bond donors (Lipinski definition) is 1. The van der Waals surface area contributed by atoms with Crippen molar-refractivity contribution in [3.63, 3.8) is 0 Å². The van der Waals surface area contributed by atoms with Gasteiger partial charge in [-0.1, -0.05) is 41.9 Å². The van der Waals surface area contributed by atoms with Gasteiger partial charge in [0.25, 0.3) is 0 Å². The molecule has 2 N–H and O–H groups in total. The number of halogens is 1. The van der Waals surface area contributed by atoms with E-state index < -0.39 is 5.72 Å². The molecule has 0 saturated heterocycles. The van der Waals surface area contributed by atoms with Crippen LogP contribution in [0, 0.1) is 0 Å². The Morgan fingerprint density at radius 3 is 2.18 bits per heavy atom. The summed E-state index contributed by atoms with van der Waals surface area (Å²) in [5, 5.41) is 0.677. The third kappa shape index (κ3) is 2.99. The first-order valence-electron chi connectivity index (χ1n) is 5.37. The monoisotopic (exact) mass is 247 g/mol. The average Bonchev–Trinajstić information content (AvgIpc) is 2.33. The molecule has 0 aliphatic heterocycles. The largest absolute Gasteiger partial charge is 0.469 e. The van der Waals surface area contributed by atoms with Gasteiger partial charge in [-0.05, 0) is 31.2 Å². The van der Waals surface area contributed by atoms with Crippen molar-refractivity contribution < 1.29 is 4.74 Å². The van der Waals surface area contributed by atoms with Gasteiger partial charge in [-0.3, -0.25) is 5.73 Å². The zero-order chi connectivity index (χ0) is 12.3. The molecule has 0 aliphatic carbocycles. The number of nitrogens with two attached hydrogens (primary N) is 1. The third-order valence-electron chi connectivity index (χ3n) is 2.49. The summed E-state index contributed by atoms with van der Waals surface area (Å²) in [6.07, 6.45) is 0. The average molecular weight is 248 g/mol. The molecule has 0 aliphatic rings. The summed E-state index contributed by atoms with van der Waals surface area (Å²) in [6.45, 7) is 1.83. The minimum absolute atomic E-state index is 0.677. The van der Waals surface area contributed by atoms with Gasteiger partial charge in [0.1, 0.15) is 5.75 Å². The van der Waals surface area contributed by atoms with Crippen LogP contribution in [-0.4, -0.2) is 0 Å². The van der Waals surface area contributed by atoms with Crippen LogP contribution >= 0.6 is 11.6 Å². The van der Waals surface area contributed by atoms with E-state index in [-0.39, 0.29) is 0 Å². The summed E-state index contributed by atoms with van der Waals surface area (Å²) in [6, 6.07) is 16.9. The van der Waals surface area contributed by atoms with Gasteiger partial charge < -0.3 is 4.74 Å². The quantitative estimate of drug-likeness (QED) is 0.842. The van der Waals surface area contributed by atoms with Crippen molar-refractivity contribution in [3.05, 3.63) is 65.2 Å². The van der Waals surface area contributed by atoms with Crippen LogP contribution in [0.1, 0.15) is 12.5 Å². The molecule has 2 aromatic rings. The van der Waals surface area contributed by atoms with E-state index >= 15 is 0 Å². The molecular formula is C14H14ClNO. The summed E-state index contributed by atoms with van der Waals surface area (Å²) in [7, 11) is 0. The second-order valence-electron chi connectivity index (χ2n) is 4.03. The van der Waals surface area contributed by atoms with Gasteiger partial charge in [-0.15, -0.1) is 0 Å². The van der Waals surface area contributed by atoms with Crippen molar-refractivity contribution in [3.8, 4) is 5.75 Å². The summed E-state index contributed by atoms with van der Waals surface area (Å²) in [5.74, 6) is 0.697. The first-order valence-corrected chi connectivity index (χ1v) is 5.75. The zero-order valence-corrected chi connectivity index (χ0v) is 10.3. The lowest BCUT2D eigenvalue weighted by Crippen LogP contribution is -2.39. The molecule has 0 heterocycles. The topological polar surface area (TPSA) is 35.2 Å². The lowest BCUT2D eigenvalue weighted by Gasteiger charge is -2.26. The second-order valence-corrected chi connectivity index (χ2v) is 4.47. The minimum Gasteiger partial charge on any atom is -0.469 e. The van der Waals surface area contributed by atoms with Crippen LogP contribution < -0.4 is 10.5 Å². The van der Waals surface area contributed by atoms with Crippen molar-refractivity contribution in [2.75, 3.05) is 0 Å². The molecule has 0 saturated carbocycles. The molecule has 3 heteroatoms. The standard InChI is InChI=1S/C14H14ClNO/c1-14(16,11-5-3-2-4-6-11)17-13-9-7-12(15)8-10-13/h2-10H,16H2,1H3. The Balaban J connectivity index is 2.20. The molecule has 1 unspecified atom stereocenters. The van der Waals surface area contributed by atoms with Crippen LogP contribution in [-0.2, 0) is 5.72 Å². The first-order chi connectivity index (χ1) is 8.08. The molecule has 0 amide bonds. The Bertz CT molecular complexity index is 479. The maximum Gasteiger partial charge on any atom is 0.181 e. The highest BCUT2D eigenvalue weighted by molar-refractivity contribution is 6.30. The smallest absolute Gasteiger partial charge is 0.181 e. The van der Waals surface area contributed by atoms with E-state index in [9.17, 15) is 0 Å². The SMILES string of the molecule is CC(N)(Oc1ccc(Cl)cc1)c1ccccc1. The van der Waals surface area contributed by atoms with E-state index in [2.05, 4.69) is 0 Å². The third-order valence-corrected chi connectivity index (χ3v) is 2.74. The Kier molecular flexibility index (Phi) is 3.36. The fourth-order valence-corrected chi connectivity index (χ4v) is 1.70. The van der Waals surface area contributed by atoms with E-state index in [0.29, 0.717) is 10.8 Å². The van der Waals surface area contributed by atoms with E-state index in [1.54, 1.807) is 24.3 Å². The predicted molar refractivity (Wildman–Crippen MR) is 70.1 cm³/mol. The van der Waals surface area contributed by atoms with Crippen LogP contribution in [0.15, 0.2) is 54.6 Å². The minimum atomic E-state index is -0.852. The molecule has 2 aromatic carbocycles. The van der Waals surface area contributed by atoms with Crippen LogP contribution in [0.5, 0.6) is 5.75 Å². The maximum atomic E-state index is 6.15. The Labute approximate surface area is 106 Å². The summed E-state index contributed by atoms with van der Waals surface area (Å²) in [5.41, 5.74) is 6.23. The first kappa shape index (κ1) is 12.0.